The smallest absolute Gasteiger partial charge is 0.0391 e. The van der Waals surface area contributed by atoms with Crippen molar-refractivity contribution in [3.05, 3.63) is 125 Å². The van der Waals surface area contributed by atoms with Crippen molar-refractivity contribution in [1.82, 2.24) is 0 Å². The third kappa shape index (κ3) is 3.65. The maximum atomic E-state index is 6.85. The number of hydrogen-bond donors (Lipinski definition) is 1. The second-order valence-corrected chi connectivity index (χ2v) is 9.01. The van der Waals surface area contributed by atoms with Gasteiger partial charge < -0.3 is 5.73 Å². The van der Waals surface area contributed by atoms with Crippen LogP contribution in [0.2, 0.25) is 0 Å². The number of rotatable bonds is 4. The van der Waals surface area contributed by atoms with Gasteiger partial charge in [0.1, 0.15) is 0 Å². The summed E-state index contributed by atoms with van der Waals surface area (Å²) in [6.45, 7) is 6.70. The van der Waals surface area contributed by atoms with Gasteiger partial charge in [-0.25, -0.2) is 0 Å². The molecule has 0 heterocycles. The average molecular weight is 416 g/mol. The first-order valence-corrected chi connectivity index (χ1v) is 11.4. The zero-order valence-electron chi connectivity index (χ0n) is 19.0. The molecule has 2 N–H and O–H groups in total. The predicted molar refractivity (Wildman–Crippen MR) is 139 cm³/mol. The van der Waals surface area contributed by atoms with Gasteiger partial charge in [0.05, 0.1) is 0 Å². The van der Waals surface area contributed by atoms with E-state index in [1.165, 1.54) is 49.4 Å². The molecule has 0 radical (unpaired) electrons. The number of fused-ring (bicyclic) bond motifs is 2. The summed E-state index contributed by atoms with van der Waals surface area (Å²) in [5.41, 5.74) is 14.0. The molecule has 1 nitrogen and oxygen atoms in total. The summed E-state index contributed by atoms with van der Waals surface area (Å²) in [6, 6.07) is 35.1. The molecule has 1 heteroatoms. The topological polar surface area (TPSA) is 26.0 Å². The zero-order chi connectivity index (χ0) is 22.2. The Kier molecular flexibility index (Phi) is 5.19. The number of nitrogens with two attached hydrogens (primary N) is 1. The van der Waals surface area contributed by atoms with Crippen LogP contribution in [-0.2, 0) is 0 Å². The van der Waals surface area contributed by atoms with Crippen LogP contribution in [0, 0.1) is 6.92 Å². The van der Waals surface area contributed by atoms with E-state index in [9.17, 15) is 0 Å². The lowest BCUT2D eigenvalue weighted by Crippen LogP contribution is -2.08. The summed E-state index contributed by atoms with van der Waals surface area (Å²) >= 11 is 0. The van der Waals surface area contributed by atoms with E-state index in [-0.39, 0.29) is 11.8 Å². The first kappa shape index (κ1) is 20.3. The number of anilines is 1. The van der Waals surface area contributed by atoms with Crippen LogP contribution in [0.25, 0.3) is 21.5 Å². The number of nitrogen functional groups attached to an aromatic ring is 1. The van der Waals surface area contributed by atoms with Gasteiger partial charge in [0.2, 0.25) is 0 Å². The molecule has 158 valence electrons. The molecule has 0 fully saturated rings. The van der Waals surface area contributed by atoms with E-state index in [2.05, 4.69) is 118 Å². The van der Waals surface area contributed by atoms with Crippen molar-refractivity contribution in [1.29, 1.82) is 0 Å². The van der Waals surface area contributed by atoms with Crippen molar-refractivity contribution in [3.63, 3.8) is 0 Å². The summed E-state index contributed by atoms with van der Waals surface area (Å²) in [4.78, 5) is 0. The molecule has 2 atom stereocenters. The molecule has 5 rings (SSSR count). The van der Waals surface area contributed by atoms with E-state index in [0.29, 0.717) is 0 Å². The standard InChI is InChI=1S/C31H29N/c1-20-16-29(21(2)25-14-12-23-8-4-6-10-27(23)18-25)31(32)30(17-20)22(3)26-15-13-24-9-5-7-11-28(24)19-26/h4-19,21-22H,32H2,1-3H3/t21-,22-/m0/s1. The minimum absolute atomic E-state index is 0.224. The average Bonchev–Trinajstić information content (AvgIpc) is 2.83. The molecule has 32 heavy (non-hydrogen) atoms. The molecule has 0 spiro atoms. The third-order valence-electron chi connectivity index (χ3n) is 6.87. The molecule has 0 aliphatic rings. The van der Waals surface area contributed by atoms with Crippen LogP contribution in [0.1, 0.15) is 53.5 Å². The minimum Gasteiger partial charge on any atom is -0.398 e. The van der Waals surface area contributed by atoms with Crippen LogP contribution < -0.4 is 5.73 Å². The Bertz CT molecular complexity index is 1320. The van der Waals surface area contributed by atoms with Gasteiger partial charge in [0.15, 0.2) is 0 Å². The van der Waals surface area contributed by atoms with Crippen LogP contribution in [-0.4, -0.2) is 0 Å². The van der Waals surface area contributed by atoms with E-state index in [4.69, 9.17) is 5.73 Å². The normalized spacial score (nSPS) is 13.3. The van der Waals surface area contributed by atoms with Gasteiger partial charge >= 0.3 is 0 Å². The molecule has 0 bridgehead atoms. The molecule has 0 unspecified atom stereocenters. The lowest BCUT2D eigenvalue weighted by Gasteiger charge is -2.23. The number of benzene rings is 5. The molecule has 0 aromatic heterocycles. The fourth-order valence-electron chi connectivity index (χ4n) is 4.88. The molecule has 0 saturated carbocycles. The fourth-order valence-corrected chi connectivity index (χ4v) is 4.88. The Balaban J connectivity index is 1.56. The Hall–Kier alpha value is -3.58. The second-order valence-electron chi connectivity index (χ2n) is 9.01. The summed E-state index contributed by atoms with van der Waals surface area (Å²) in [5.74, 6) is 0.448. The van der Waals surface area contributed by atoms with Crippen LogP contribution in [0.4, 0.5) is 5.69 Å². The van der Waals surface area contributed by atoms with Crippen molar-refractivity contribution < 1.29 is 0 Å². The summed E-state index contributed by atoms with van der Waals surface area (Å²) < 4.78 is 0. The Labute approximate surface area is 190 Å². The lowest BCUT2D eigenvalue weighted by molar-refractivity contribution is 0.891. The highest BCUT2D eigenvalue weighted by molar-refractivity contribution is 5.84. The van der Waals surface area contributed by atoms with Crippen molar-refractivity contribution in [2.24, 2.45) is 0 Å². The van der Waals surface area contributed by atoms with Gasteiger partial charge in [-0.2, -0.15) is 0 Å². The molecule has 0 aliphatic carbocycles. The first-order chi connectivity index (χ1) is 15.5. The van der Waals surface area contributed by atoms with Gasteiger partial charge in [-0.15, -0.1) is 0 Å². The van der Waals surface area contributed by atoms with E-state index in [1.807, 2.05) is 0 Å². The van der Waals surface area contributed by atoms with Gasteiger partial charge in [0, 0.05) is 17.5 Å². The molecule has 0 saturated heterocycles. The van der Waals surface area contributed by atoms with Crippen molar-refractivity contribution in [2.45, 2.75) is 32.6 Å². The van der Waals surface area contributed by atoms with Gasteiger partial charge in [-0.1, -0.05) is 116 Å². The fraction of sp³-hybridized carbons (Fsp3) is 0.161. The first-order valence-electron chi connectivity index (χ1n) is 11.4. The van der Waals surface area contributed by atoms with Crippen LogP contribution in [0.3, 0.4) is 0 Å². The Morgan fingerprint density at radius 3 is 1.38 bits per heavy atom. The highest BCUT2D eigenvalue weighted by Gasteiger charge is 2.19. The summed E-state index contributed by atoms with van der Waals surface area (Å²) in [7, 11) is 0. The largest absolute Gasteiger partial charge is 0.398 e. The summed E-state index contributed by atoms with van der Waals surface area (Å²) in [5, 5.41) is 5.08. The van der Waals surface area contributed by atoms with Crippen LogP contribution in [0.15, 0.2) is 97.1 Å². The van der Waals surface area contributed by atoms with Gasteiger partial charge in [-0.3, -0.25) is 0 Å². The van der Waals surface area contributed by atoms with Crippen LogP contribution >= 0.6 is 0 Å². The van der Waals surface area contributed by atoms with Crippen molar-refractivity contribution >= 4 is 27.2 Å². The van der Waals surface area contributed by atoms with E-state index in [0.717, 1.165) is 5.69 Å². The monoisotopic (exact) mass is 415 g/mol. The highest BCUT2D eigenvalue weighted by Crippen LogP contribution is 2.38. The van der Waals surface area contributed by atoms with E-state index < -0.39 is 0 Å². The molecule has 0 amide bonds. The number of hydrogen-bond acceptors (Lipinski definition) is 1. The Morgan fingerprint density at radius 2 is 0.938 bits per heavy atom. The molecule has 5 aromatic rings. The maximum Gasteiger partial charge on any atom is 0.0391 e. The minimum atomic E-state index is 0.224. The maximum absolute atomic E-state index is 6.85. The lowest BCUT2D eigenvalue weighted by atomic mass is 9.83. The Morgan fingerprint density at radius 1 is 0.531 bits per heavy atom. The molecular weight excluding hydrogens is 386 g/mol. The van der Waals surface area contributed by atoms with Crippen LogP contribution in [0.5, 0.6) is 0 Å². The molecule has 0 aliphatic heterocycles. The highest BCUT2D eigenvalue weighted by atomic mass is 14.6. The van der Waals surface area contributed by atoms with E-state index in [1.54, 1.807) is 0 Å². The summed E-state index contributed by atoms with van der Waals surface area (Å²) in [6.07, 6.45) is 0. The quantitative estimate of drug-likeness (QED) is 0.294. The third-order valence-corrected chi connectivity index (χ3v) is 6.87. The zero-order valence-corrected chi connectivity index (χ0v) is 19.0. The van der Waals surface area contributed by atoms with Gasteiger partial charge in [-0.05, 0) is 50.7 Å². The van der Waals surface area contributed by atoms with Gasteiger partial charge in [0.25, 0.3) is 0 Å². The van der Waals surface area contributed by atoms with Crippen molar-refractivity contribution in [3.8, 4) is 0 Å². The van der Waals surface area contributed by atoms with Crippen molar-refractivity contribution in [2.75, 3.05) is 5.73 Å². The second kappa shape index (κ2) is 8.16. The molecule has 5 aromatic carbocycles. The van der Waals surface area contributed by atoms with E-state index >= 15 is 0 Å². The number of aryl methyl sites for hydroxylation is 1. The SMILES string of the molecule is Cc1cc([C@@H](C)c2ccc3ccccc3c2)c(N)c([C@@H](C)c2ccc3ccccc3c2)c1. The molecular formula is C31H29N. The predicted octanol–water partition coefficient (Wildman–Crippen LogP) is 8.19.